The standard InChI is InChI=1S/C18H23N3O4/c1-18(2,3)12-7-5-11(6-8-12)16(24)19-10-14(22)20-13-9-15(23)21(4)17(13)25/h5-8,13H,9-10H2,1-4H3,(H,19,24)(H,20,22)/t13-/m1/s1. The number of nitrogens with one attached hydrogen (secondary N) is 2. The van der Waals surface area contributed by atoms with Crippen LogP contribution in [0.5, 0.6) is 0 Å². The van der Waals surface area contributed by atoms with Crippen molar-refractivity contribution in [3.63, 3.8) is 0 Å². The van der Waals surface area contributed by atoms with Crippen LogP contribution >= 0.6 is 0 Å². The first-order chi connectivity index (χ1) is 11.6. The van der Waals surface area contributed by atoms with Crippen LogP contribution < -0.4 is 10.6 Å². The summed E-state index contributed by atoms with van der Waals surface area (Å²) in [6.07, 6.45) is -0.0523. The Hall–Kier alpha value is -2.70. The zero-order valence-corrected chi connectivity index (χ0v) is 14.9. The van der Waals surface area contributed by atoms with Gasteiger partial charge in [-0.1, -0.05) is 32.9 Å². The lowest BCUT2D eigenvalue weighted by molar-refractivity contribution is -0.138. The monoisotopic (exact) mass is 345 g/mol. The number of nitrogens with zero attached hydrogens (tertiary/aromatic N) is 1. The van der Waals surface area contributed by atoms with Gasteiger partial charge in [0.15, 0.2) is 0 Å². The molecule has 1 saturated heterocycles. The average Bonchev–Trinajstić information content (AvgIpc) is 2.79. The van der Waals surface area contributed by atoms with Crippen molar-refractivity contribution >= 4 is 23.6 Å². The zero-order chi connectivity index (χ0) is 18.8. The molecule has 0 saturated carbocycles. The smallest absolute Gasteiger partial charge is 0.252 e. The summed E-state index contributed by atoms with van der Waals surface area (Å²) in [7, 11) is 1.37. The summed E-state index contributed by atoms with van der Waals surface area (Å²) in [6.45, 7) is 5.98. The van der Waals surface area contributed by atoms with E-state index in [4.69, 9.17) is 0 Å². The van der Waals surface area contributed by atoms with Gasteiger partial charge in [0, 0.05) is 12.6 Å². The Morgan fingerprint density at radius 1 is 1.16 bits per heavy atom. The number of likely N-dealkylation sites (tertiary alicyclic amines) is 1. The van der Waals surface area contributed by atoms with E-state index in [0.29, 0.717) is 5.56 Å². The fraction of sp³-hybridized carbons (Fsp3) is 0.444. The highest BCUT2D eigenvalue weighted by Crippen LogP contribution is 2.22. The maximum Gasteiger partial charge on any atom is 0.252 e. The number of imide groups is 1. The molecule has 25 heavy (non-hydrogen) atoms. The number of hydrogen-bond acceptors (Lipinski definition) is 4. The molecule has 7 heteroatoms. The van der Waals surface area contributed by atoms with Gasteiger partial charge >= 0.3 is 0 Å². The number of benzene rings is 1. The van der Waals surface area contributed by atoms with Crippen LogP contribution in [0.2, 0.25) is 0 Å². The van der Waals surface area contributed by atoms with Crippen LogP contribution in [0.3, 0.4) is 0 Å². The lowest BCUT2D eigenvalue weighted by atomic mass is 9.87. The molecule has 0 bridgehead atoms. The van der Waals surface area contributed by atoms with Gasteiger partial charge in [0.25, 0.3) is 11.8 Å². The van der Waals surface area contributed by atoms with Crippen LogP contribution in [0.15, 0.2) is 24.3 Å². The van der Waals surface area contributed by atoms with Gasteiger partial charge in [-0.15, -0.1) is 0 Å². The number of likely N-dealkylation sites (N-methyl/N-ethyl adjacent to an activating group) is 1. The molecule has 0 spiro atoms. The molecule has 2 N–H and O–H groups in total. The summed E-state index contributed by atoms with van der Waals surface area (Å²) in [5, 5.41) is 4.97. The van der Waals surface area contributed by atoms with Crippen molar-refractivity contribution in [2.24, 2.45) is 0 Å². The van der Waals surface area contributed by atoms with E-state index in [9.17, 15) is 19.2 Å². The van der Waals surface area contributed by atoms with Crippen molar-refractivity contribution in [2.75, 3.05) is 13.6 Å². The summed E-state index contributed by atoms with van der Waals surface area (Å²) in [4.78, 5) is 48.1. The van der Waals surface area contributed by atoms with Crippen molar-refractivity contribution in [1.82, 2.24) is 15.5 Å². The lowest BCUT2D eigenvalue weighted by Crippen LogP contribution is -2.45. The Morgan fingerprint density at radius 3 is 2.24 bits per heavy atom. The Kier molecular flexibility index (Phi) is 5.25. The zero-order valence-electron chi connectivity index (χ0n) is 14.9. The molecule has 0 unspecified atom stereocenters. The largest absolute Gasteiger partial charge is 0.343 e. The Bertz CT molecular complexity index is 704. The van der Waals surface area contributed by atoms with Gasteiger partial charge in [-0.05, 0) is 23.1 Å². The van der Waals surface area contributed by atoms with Gasteiger partial charge in [-0.3, -0.25) is 24.1 Å². The van der Waals surface area contributed by atoms with E-state index in [0.717, 1.165) is 10.5 Å². The second-order valence-electron chi connectivity index (χ2n) is 7.13. The predicted octanol–water partition coefficient (Wildman–Crippen LogP) is 0.587. The minimum absolute atomic E-state index is 0.00664. The van der Waals surface area contributed by atoms with Crippen molar-refractivity contribution in [2.45, 2.75) is 38.6 Å². The minimum Gasteiger partial charge on any atom is -0.343 e. The molecule has 1 aromatic rings. The van der Waals surface area contributed by atoms with Crippen LogP contribution in [0.1, 0.15) is 43.1 Å². The SMILES string of the molecule is CN1C(=O)C[C@@H](NC(=O)CNC(=O)c2ccc(C(C)(C)C)cc2)C1=O. The fourth-order valence-corrected chi connectivity index (χ4v) is 2.50. The molecule has 2 rings (SSSR count). The first kappa shape index (κ1) is 18.6. The molecule has 0 aliphatic carbocycles. The van der Waals surface area contributed by atoms with E-state index >= 15 is 0 Å². The second-order valence-corrected chi connectivity index (χ2v) is 7.13. The third-order valence-corrected chi connectivity index (χ3v) is 4.14. The van der Waals surface area contributed by atoms with Crippen LogP contribution in [0, 0.1) is 0 Å². The maximum atomic E-state index is 12.1. The predicted molar refractivity (Wildman–Crippen MR) is 91.8 cm³/mol. The number of rotatable bonds is 4. The Labute approximate surface area is 146 Å². The van der Waals surface area contributed by atoms with Gasteiger partial charge in [0.1, 0.15) is 6.04 Å². The van der Waals surface area contributed by atoms with E-state index < -0.39 is 17.9 Å². The first-order valence-electron chi connectivity index (χ1n) is 8.08. The maximum absolute atomic E-state index is 12.1. The first-order valence-corrected chi connectivity index (χ1v) is 8.08. The van der Waals surface area contributed by atoms with Crippen molar-refractivity contribution in [3.8, 4) is 0 Å². The van der Waals surface area contributed by atoms with Gasteiger partial charge < -0.3 is 10.6 Å². The summed E-state index contributed by atoms with van der Waals surface area (Å²) in [6, 6.07) is 6.33. The summed E-state index contributed by atoms with van der Waals surface area (Å²) in [5.74, 6) is -1.66. The third-order valence-electron chi connectivity index (χ3n) is 4.14. The number of carbonyl (C=O) groups is 4. The topological polar surface area (TPSA) is 95.6 Å². The van der Waals surface area contributed by atoms with Crippen LogP contribution in [0.25, 0.3) is 0 Å². The highest BCUT2D eigenvalue weighted by Gasteiger charge is 2.36. The minimum atomic E-state index is -0.854. The van der Waals surface area contributed by atoms with E-state index in [-0.39, 0.29) is 30.2 Å². The molecule has 134 valence electrons. The molecular weight excluding hydrogens is 322 g/mol. The quantitative estimate of drug-likeness (QED) is 0.781. The van der Waals surface area contributed by atoms with Crippen molar-refractivity contribution in [1.29, 1.82) is 0 Å². The number of amides is 4. The van der Waals surface area contributed by atoms with Crippen LogP contribution in [-0.2, 0) is 19.8 Å². The van der Waals surface area contributed by atoms with Gasteiger partial charge in [-0.2, -0.15) is 0 Å². The molecule has 4 amide bonds. The molecule has 1 aromatic carbocycles. The molecule has 1 aliphatic heterocycles. The molecule has 7 nitrogen and oxygen atoms in total. The van der Waals surface area contributed by atoms with Crippen LogP contribution in [0.4, 0.5) is 0 Å². The lowest BCUT2D eigenvalue weighted by Gasteiger charge is -2.19. The average molecular weight is 345 g/mol. The normalized spacial score (nSPS) is 17.6. The molecular formula is C18H23N3O4. The Balaban J connectivity index is 1.86. The molecule has 0 aromatic heterocycles. The summed E-state index contributed by atoms with van der Waals surface area (Å²) >= 11 is 0. The van der Waals surface area contributed by atoms with E-state index in [1.54, 1.807) is 12.1 Å². The summed E-state index contributed by atoms with van der Waals surface area (Å²) < 4.78 is 0. The molecule has 1 heterocycles. The third kappa shape index (κ3) is 4.43. The fourth-order valence-electron chi connectivity index (χ4n) is 2.50. The summed E-state index contributed by atoms with van der Waals surface area (Å²) in [5.41, 5.74) is 1.55. The number of carbonyl (C=O) groups excluding carboxylic acids is 4. The molecule has 0 radical (unpaired) electrons. The second kappa shape index (κ2) is 7.04. The molecule has 1 atom stereocenters. The van der Waals surface area contributed by atoms with Crippen molar-refractivity contribution < 1.29 is 19.2 Å². The highest BCUT2D eigenvalue weighted by atomic mass is 16.2. The number of hydrogen-bond donors (Lipinski definition) is 2. The highest BCUT2D eigenvalue weighted by molar-refractivity contribution is 6.06. The van der Waals surface area contributed by atoms with E-state index in [2.05, 4.69) is 31.4 Å². The molecule has 1 aliphatic rings. The van der Waals surface area contributed by atoms with Crippen LogP contribution in [-0.4, -0.2) is 48.2 Å². The van der Waals surface area contributed by atoms with E-state index in [1.807, 2.05) is 12.1 Å². The van der Waals surface area contributed by atoms with E-state index in [1.165, 1.54) is 7.05 Å². The van der Waals surface area contributed by atoms with Gasteiger partial charge in [-0.25, -0.2) is 0 Å². The molecule has 1 fully saturated rings. The van der Waals surface area contributed by atoms with Gasteiger partial charge in [0.05, 0.1) is 13.0 Å². The van der Waals surface area contributed by atoms with Crippen molar-refractivity contribution in [3.05, 3.63) is 35.4 Å². The van der Waals surface area contributed by atoms with Gasteiger partial charge in [0.2, 0.25) is 11.8 Å². The Morgan fingerprint density at radius 2 is 1.76 bits per heavy atom.